The number of carbonyl (C=O) groups is 1. The molecular weight excluding hydrogens is 344 g/mol. The van der Waals surface area contributed by atoms with Crippen LogP contribution in [0.4, 0.5) is 0 Å². The first kappa shape index (κ1) is 25.9. The third-order valence-corrected chi connectivity index (χ3v) is 4.33. The Morgan fingerprint density at radius 2 is 1.32 bits per heavy atom. The van der Waals surface area contributed by atoms with E-state index in [4.69, 9.17) is 0 Å². The molecule has 0 aliphatic carbocycles. The number of hydrogen-bond donors (Lipinski definition) is 1. The van der Waals surface area contributed by atoms with Crippen LogP contribution in [0.3, 0.4) is 0 Å². The van der Waals surface area contributed by atoms with Crippen LogP contribution < -0.4 is 0 Å². The second-order valence-electron chi connectivity index (χ2n) is 8.59. The minimum Gasteiger partial charge on any atom is -0.508 e. The summed E-state index contributed by atoms with van der Waals surface area (Å²) in [6.45, 7) is 22.6. The number of carbonyl (C=O) groups excluding carboxylic acids is 1. The first-order valence-corrected chi connectivity index (χ1v) is 10.4. The third kappa shape index (κ3) is 6.82. The second kappa shape index (κ2) is 10.5. The molecule has 156 valence electrons. The highest BCUT2D eigenvalue weighted by atomic mass is 16.3. The molecule has 2 aromatic rings. The van der Waals surface area contributed by atoms with Gasteiger partial charge in [-0.25, -0.2) is 0 Å². The number of benzene rings is 2. The van der Waals surface area contributed by atoms with Crippen molar-refractivity contribution in [1.29, 1.82) is 0 Å². The number of phenols is 1. The Balaban J connectivity index is 0.00000171. The van der Waals surface area contributed by atoms with Crippen LogP contribution in [0.15, 0.2) is 36.4 Å². The van der Waals surface area contributed by atoms with Crippen LogP contribution in [-0.4, -0.2) is 10.9 Å². The van der Waals surface area contributed by atoms with Crippen LogP contribution in [-0.2, 0) is 10.8 Å². The van der Waals surface area contributed by atoms with Gasteiger partial charge in [-0.3, -0.25) is 4.79 Å². The van der Waals surface area contributed by atoms with Gasteiger partial charge in [0.1, 0.15) is 5.75 Å². The molecule has 0 atom stereocenters. The molecule has 0 bridgehead atoms. The molecule has 0 amide bonds. The molecule has 0 saturated carbocycles. The normalized spacial score (nSPS) is 11.0. The molecule has 2 nitrogen and oxygen atoms in total. The minimum atomic E-state index is -0.0450. The number of rotatable bonds is 2. The first-order valence-electron chi connectivity index (χ1n) is 10.4. The van der Waals surface area contributed by atoms with Crippen molar-refractivity contribution in [2.45, 2.75) is 87.0 Å². The molecule has 1 N–H and O–H groups in total. The van der Waals surface area contributed by atoms with E-state index in [1.54, 1.807) is 6.07 Å². The third-order valence-electron chi connectivity index (χ3n) is 4.33. The number of aromatic hydroxyl groups is 1. The van der Waals surface area contributed by atoms with E-state index >= 15 is 0 Å². The summed E-state index contributed by atoms with van der Waals surface area (Å²) in [5.41, 5.74) is 4.93. The van der Waals surface area contributed by atoms with Crippen molar-refractivity contribution in [2.24, 2.45) is 0 Å². The smallest absolute Gasteiger partial charge is 0.159 e. The molecule has 2 rings (SSSR count). The highest BCUT2D eigenvalue weighted by Gasteiger charge is 2.22. The lowest BCUT2D eigenvalue weighted by atomic mass is 9.77. The molecule has 28 heavy (non-hydrogen) atoms. The summed E-state index contributed by atoms with van der Waals surface area (Å²) in [6.07, 6.45) is 0. The summed E-state index contributed by atoms with van der Waals surface area (Å²) in [5.74, 6) is 0.0788. The molecule has 0 aliphatic rings. The molecule has 0 fully saturated rings. The fourth-order valence-electron chi connectivity index (χ4n) is 2.87. The van der Waals surface area contributed by atoms with Crippen molar-refractivity contribution in [2.75, 3.05) is 0 Å². The van der Waals surface area contributed by atoms with Crippen molar-refractivity contribution in [3.8, 4) is 16.9 Å². The zero-order chi connectivity index (χ0) is 22.3. The lowest BCUT2D eigenvalue weighted by Crippen LogP contribution is -2.16. The first-order chi connectivity index (χ1) is 12.9. The van der Waals surface area contributed by atoms with Crippen molar-refractivity contribution in [3.63, 3.8) is 0 Å². The molecule has 0 radical (unpaired) electrons. The van der Waals surface area contributed by atoms with E-state index in [9.17, 15) is 9.90 Å². The van der Waals surface area contributed by atoms with Crippen LogP contribution in [0, 0.1) is 0 Å². The summed E-state index contributed by atoms with van der Waals surface area (Å²) in [6, 6.07) is 11.7. The molecule has 0 saturated heterocycles. The highest BCUT2D eigenvalue weighted by Crippen LogP contribution is 2.37. The molecule has 0 heterocycles. The Kier molecular flexibility index (Phi) is 9.67. The van der Waals surface area contributed by atoms with E-state index in [0.717, 1.165) is 11.1 Å². The maximum absolute atomic E-state index is 11.8. The molecular formula is C26H40O2. The van der Waals surface area contributed by atoms with Gasteiger partial charge in [0, 0.05) is 5.56 Å². The topological polar surface area (TPSA) is 37.3 Å². The minimum absolute atomic E-state index is 0.0331. The summed E-state index contributed by atoms with van der Waals surface area (Å²) in [5, 5.41) is 10.1. The van der Waals surface area contributed by atoms with Gasteiger partial charge < -0.3 is 5.11 Å². The quantitative estimate of drug-likeness (QED) is 0.534. The van der Waals surface area contributed by atoms with Gasteiger partial charge in [0.15, 0.2) is 5.78 Å². The fourth-order valence-corrected chi connectivity index (χ4v) is 2.87. The molecule has 2 aromatic carbocycles. The summed E-state index contributed by atoms with van der Waals surface area (Å²) in [7, 11) is 0. The Hall–Kier alpha value is -2.09. The van der Waals surface area contributed by atoms with Gasteiger partial charge in [-0.1, -0.05) is 87.4 Å². The van der Waals surface area contributed by atoms with Crippen LogP contribution in [0.25, 0.3) is 11.1 Å². The van der Waals surface area contributed by atoms with Crippen LogP contribution >= 0.6 is 0 Å². The van der Waals surface area contributed by atoms with E-state index in [0.29, 0.717) is 5.56 Å². The van der Waals surface area contributed by atoms with Crippen molar-refractivity contribution >= 4 is 5.78 Å². The molecule has 0 unspecified atom stereocenters. The SMILES string of the molecule is CC.CC.CC(=O)c1cc(O)cc(-c2cc(C(C)(C)C)ccc2C(C)(C)C)c1. The zero-order valence-corrected chi connectivity index (χ0v) is 19.8. The zero-order valence-electron chi connectivity index (χ0n) is 19.8. The van der Waals surface area contributed by atoms with Gasteiger partial charge >= 0.3 is 0 Å². The Morgan fingerprint density at radius 1 is 0.786 bits per heavy atom. The Labute approximate surface area is 173 Å². The van der Waals surface area contributed by atoms with Gasteiger partial charge in [0.2, 0.25) is 0 Å². The number of phenolic OH excluding ortho intramolecular Hbond substituents is 1. The van der Waals surface area contributed by atoms with Crippen molar-refractivity contribution in [3.05, 3.63) is 53.1 Å². The molecule has 0 spiro atoms. The Morgan fingerprint density at radius 3 is 1.75 bits per heavy atom. The van der Waals surface area contributed by atoms with Gasteiger partial charge in [-0.05, 0) is 58.2 Å². The number of Topliss-reactive ketones (excluding diaryl/α,β-unsaturated/α-hetero) is 1. The maximum atomic E-state index is 11.8. The van der Waals surface area contributed by atoms with Gasteiger partial charge in [0.05, 0.1) is 0 Å². The predicted molar refractivity (Wildman–Crippen MR) is 124 cm³/mol. The number of hydrogen-bond acceptors (Lipinski definition) is 2. The molecule has 0 aliphatic heterocycles. The number of ketones is 1. The summed E-state index contributed by atoms with van der Waals surface area (Å²) >= 11 is 0. The molecule has 0 aromatic heterocycles. The van der Waals surface area contributed by atoms with Crippen LogP contribution in [0.1, 0.15) is 97.6 Å². The lowest BCUT2D eigenvalue weighted by molar-refractivity contribution is 0.101. The maximum Gasteiger partial charge on any atom is 0.159 e. The van der Waals surface area contributed by atoms with Crippen LogP contribution in [0.5, 0.6) is 5.75 Å². The van der Waals surface area contributed by atoms with Crippen molar-refractivity contribution < 1.29 is 9.90 Å². The summed E-state index contributed by atoms with van der Waals surface area (Å²) in [4.78, 5) is 11.8. The average molecular weight is 385 g/mol. The summed E-state index contributed by atoms with van der Waals surface area (Å²) < 4.78 is 0. The predicted octanol–water partition coefficient (Wildman–Crippen LogP) is 7.91. The highest BCUT2D eigenvalue weighted by molar-refractivity contribution is 5.96. The molecule has 2 heteroatoms. The van der Waals surface area contributed by atoms with E-state index < -0.39 is 0 Å². The van der Waals surface area contributed by atoms with Gasteiger partial charge in [-0.2, -0.15) is 0 Å². The van der Waals surface area contributed by atoms with E-state index in [2.05, 4.69) is 59.7 Å². The average Bonchev–Trinajstić information content (AvgIpc) is 2.62. The van der Waals surface area contributed by atoms with E-state index in [1.807, 2.05) is 33.8 Å². The van der Waals surface area contributed by atoms with Gasteiger partial charge in [-0.15, -0.1) is 0 Å². The largest absolute Gasteiger partial charge is 0.508 e. The van der Waals surface area contributed by atoms with E-state index in [1.165, 1.54) is 24.1 Å². The lowest BCUT2D eigenvalue weighted by Gasteiger charge is -2.27. The monoisotopic (exact) mass is 384 g/mol. The van der Waals surface area contributed by atoms with E-state index in [-0.39, 0.29) is 22.4 Å². The standard InChI is InChI=1S/C22H28O2.2C2H6/c1-14(23)15-10-16(12-18(24)11-15)19-13-17(21(2,3)4)8-9-20(19)22(5,6)7;2*1-2/h8-13,24H,1-7H3;2*1-2H3. The second-order valence-corrected chi connectivity index (χ2v) is 8.59. The Bertz CT molecular complexity index is 772. The fraction of sp³-hybridized carbons (Fsp3) is 0.500. The van der Waals surface area contributed by atoms with Crippen LogP contribution in [0.2, 0.25) is 0 Å². The van der Waals surface area contributed by atoms with Crippen molar-refractivity contribution in [1.82, 2.24) is 0 Å². The van der Waals surface area contributed by atoms with Gasteiger partial charge in [0.25, 0.3) is 0 Å².